The Balaban J connectivity index is 2.29. The number of nitrogens with zero attached hydrogens (tertiary/aromatic N) is 3. The van der Waals surface area contributed by atoms with Crippen LogP contribution in [0.25, 0.3) is 0 Å². The average Bonchev–Trinajstić information content (AvgIpc) is 2.47. The minimum atomic E-state index is 0.133. The average molecular weight is 255 g/mol. The molecule has 3 nitrogen and oxygen atoms in total. The van der Waals surface area contributed by atoms with Gasteiger partial charge in [-0.25, -0.2) is 0 Å². The molecule has 2 rings (SSSR count). The lowest BCUT2D eigenvalue weighted by Gasteiger charge is -2.27. The Morgan fingerprint density at radius 3 is 2.00 bits per heavy atom. The molecule has 0 fully saturated rings. The molecule has 100 valence electrons. The number of hydrogen-bond acceptors (Lipinski definition) is 3. The van der Waals surface area contributed by atoms with E-state index in [1.54, 1.807) is 0 Å². The Morgan fingerprint density at radius 1 is 1.00 bits per heavy atom. The molecule has 0 aromatic carbocycles. The molecule has 3 heteroatoms. The Hall–Kier alpha value is -1.74. The maximum Gasteiger partial charge on any atom is 0.0947 e. The van der Waals surface area contributed by atoms with E-state index in [0.717, 1.165) is 17.9 Å². The highest BCUT2D eigenvalue weighted by molar-refractivity contribution is 5.21. The minimum absolute atomic E-state index is 0.133. The molecule has 0 saturated heterocycles. The van der Waals surface area contributed by atoms with Crippen LogP contribution >= 0.6 is 0 Å². The number of hydrogen-bond donors (Lipinski definition) is 0. The first-order valence-electron chi connectivity index (χ1n) is 6.85. The van der Waals surface area contributed by atoms with Crippen molar-refractivity contribution in [3.63, 3.8) is 0 Å². The van der Waals surface area contributed by atoms with Crippen LogP contribution in [-0.2, 0) is 0 Å². The van der Waals surface area contributed by atoms with E-state index in [1.165, 1.54) is 12.8 Å². The molecule has 0 aliphatic carbocycles. The van der Waals surface area contributed by atoms with Crippen LogP contribution < -0.4 is 0 Å². The Bertz CT molecular complexity index is 430. The first-order chi connectivity index (χ1) is 9.33. The molecular weight excluding hydrogens is 234 g/mol. The fourth-order valence-corrected chi connectivity index (χ4v) is 2.22. The summed E-state index contributed by atoms with van der Waals surface area (Å²) in [5, 5.41) is 0. The van der Waals surface area contributed by atoms with Crippen LogP contribution in [0.2, 0.25) is 0 Å². The highest BCUT2D eigenvalue weighted by atomic mass is 15.1. The van der Waals surface area contributed by atoms with Crippen LogP contribution in [0.1, 0.15) is 37.2 Å². The standard InChI is InChI=1S/C16H21N3/c1-3-4-13-19(2)16(14-9-5-7-11-17-14)15-10-6-8-12-18-15/h5-12,16H,3-4,13H2,1-2H3. The molecule has 0 spiro atoms. The third-order valence-electron chi connectivity index (χ3n) is 3.24. The maximum absolute atomic E-state index is 4.50. The summed E-state index contributed by atoms with van der Waals surface area (Å²) in [6, 6.07) is 12.2. The quantitative estimate of drug-likeness (QED) is 0.793. The fraction of sp³-hybridized carbons (Fsp3) is 0.375. The molecular formula is C16H21N3. The van der Waals surface area contributed by atoms with Crippen molar-refractivity contribution in [2.75, 3.05) is 13.6 Å². The van der Waals surface area contributed by atoms with Gasteiger partial charge in [0.15, 0.2) is 0 Å². The van der Waals surface area contributed by atoms with Crippen LogP contribution in [0.3, 0.4) is 0 Å². The smallest absolute Gasteiger partial charge is 0.0947 e. The minimum Gasteiger partial charge on any atom is -0.293 e. The highest BCUT2D eigenvalue weighted by Gasteiger charge is 2.20. The molecule has 0 aliphatic heterocycles. The van der Waals surface area contributed by atoms with E-state index in [4.69, 9.17) is 0 Å². The summed E-state index contributed by atoms with van der Waals surface area (Å²) in [6.45, 7) is 3.26. The summed E-state index contributed by atoms with van der Waals surface area (Å²) in [4.78, 5) is 11.3. The zero-order chi connectivity index (χ0) is 13.5. The SMILES string of the molecule is CCCCN(C)C(c1ccccn1)c1ccccn1. The van der Waals surface area contributed by atoms with Crippen molar-refractivity contribution in [1.29, 1.82) is 0 Å². The van der Waals surface area contributed by atoms with Crippen molar-refractivity contribution in [2.45, 2.75) is 25.8 Å². The summed E-state index contributed by atoms with van der Waals surface area (Å²) < 4.78 is 0. The monoisotopic (exact) mass is 255 g/mol. The molecule has 0 aliphatic rings. The molecule has 2 heterocycles. The van der Waals surface area contributed by atoms with Gasteiger partial charge in [0, 0.05) is 12.4 Å². The molecule has 0 bridgehead atoms. The molecule has 0 saturated carbocycles. The zero-order valence-corrected chi connectivity index (χ0v) is 11.7. The second-order valence-corrected chi connectivity index (χ2v) is 4.75. The van der Waals surface area contributed by atoms with E-state index >= 15 is 0 Å². The van der Waals surface area contributed by atoms with Gasteiger partial charge in [-0.3, -0.25) is 14.9 Å². The van der Waals surface area contributed by atoms with E-state index in [0.29, 0.717) is 0 Å². The van der Waals surface area contributed by atoms with E-state index in [1.807, 2.05) is 36.7 Å². The van der Waals surface area contributed by atoms with Crippen LogP contribution in [0, 0.1) is 0 Å². The largest absolute Gasteiger partial charge is 0.293 e. The van der Waals surface area contributed by atoms with Crippen molar-refractivity contribution in [3.05, 3.63) is 60.2 Å². The summed E-state index contributed by atoms with van der Waals surface area (Å²) in [6.07, 6.45) is 6.08. The van der Waals surface area contributed by atoms with Gasteiger partial charge < -0.3 is 0 Å². The maximum atomic E-state index is 4.50. The van der Waals surface area contributed by atoms with Gasteiger partial charge in [0.2, 0.25) is 0 Å². The summed E-state index contributed by atoms with van der Waals surface area (Å²) in [5.41, 5.74) is 2.11. The van der Waals surface area contributed by atoms with Gasteiger partial charge in [-0.2, -0.15) is 0 Å². The van der Waals surface area contributed by atoms with Crippen LogP contribution in [0.15, 0.2) is 48.8 Å². The predicted molar refractivity (Wildman–Crippen MR) is 77.9 cm³/mol. The van der Waals surface area contributed by atoms with Crippen molar-refractivity contribution >= 4 is 0 Å². The molecule has 0 radical (unpaired) electrons. The lowest BCUT2D eigenvalue weighted by Crippen LogP contribution is -2.28. The molecule has 0 N–H and O–H groups in total. The number of pyridine rings is 2. The molecule has 0 amide bonds. The second-order valence-electron chi connectivity index (χ2n) is 4.75. The predicted octanol–water partition coefficient (Wildman–Crippen LogP) is 3.30. The molecule has 0 atom stereocenters. The van der Waals surface area contributed by atoms with Gasteiger partial charge in [0.1, 0.15) is 0 Å². The Morgan fingerprint density at radius 2 is 1.58 bits per heavy atom. The lowest BCUT2D eigenvalue weighted by atomic mass is 10.1. The molecule has 2 aromatic heterocycles. The summed E-state index contributed by atoms with van der Waals surface area (Å²) in [7, 11) is 2.14. The normalized spacial score (nSPS) is 11.2. The first-order valence-corrected chi connectivity index (χ1v) is 6.85. The highest BCUT2D eigenvalue weighted by Crippen LogP contribution is 2.24. The van der Waals surface area contributed by atoms with Crippen LogP contribution in [0.5, 0.6) is 0 Å². The number of aromatic nitrogens is 2. The van der Waals surface area contributed by atoms with Crippen molar-refractivity contribution in [1.82, 2.24) is 14.9 Å². The van der Waals surface area contributed by atoms with Gasteiger partial charge in [0.25, 0.3) is 0 Å². The van der Waals surface area contributed by atoms with Crippen molar-refractivity contribution in [2.24, 2.45) is 0 Å². The third kappa shape index (κ3) is 3.61. The zero-order valence-electron chi connectivity index (χ0n) is 11.7. The fourth-order valence-electron chi connectivity index (χ4n) is 2.22. The third-order valence-corrected chi connectivity index (χ3v) is 3.24. The van der Waals surface area contributed by atoms with Crippen LogP contribution in [-0.4, -0.2) is 28.5 Å². The molecule has 2 aromatic rings. The van der Waals surface area contributed by atoms with E-state index in [2.05, 4.69) is 41.0 Å². The van der Waals surface area contributed by atoms with Gasteiger partial charge in [-0.15, -0.1) is 0 Å². The molecule has 0 unspecified atom stereocenters. The van der Waals surface area contributed by atoms with Crippen LogP contribution in [0.4, 0.5) is 0 Å². The van der Waals surface area contributed by atoms with E-state index in [9.17, 15) is 0 Å². The summed E-state index contributed by atoms with van der Waals surface area (Å²) >= 11 is 0. The van der Waals surface area contributed by atoms with E-state index < -0.39 is 0 Å². The van der Waals surface area contributed by atoms with Gasteiger partial charge >= 0.3 is 0 Å². The lowest BCUT2D eigenvalue weighted by molar-refractivity contribution is 0.266. The number of rotatable bonds is 6. The topological polar surface area (TPSA) is 29.0 Å². The Labute approximate surface area is 115 Å². The van der Waals surface area contributed by atoms with Crippen molar-refractivity contribution in [3.8, 4) is 0 Å². The Kier molecular flexibility index (Phi) is 5.04. The van der Waals surface area contributed by atoms with Crippen molar-refractivity contribution < 1.29 is 0 Å². The van der Waals surface area contributed by atoms with Gasteiger partial charge in [-0.05, 0) is 44.3 Å². The number of unbranched alkanes of at least 4 members (excludes halogenated alkanes) is 1. The summed E-state index contributed by atoms with van der Waals surface area (Å²) in [5.74, 6) is 0. The van der Waals surface area contributed by atoms with Gasteiger partial charge in [0.05, 0.1) is 17.4 Å². The second kappa shape index (κ2) is 7.00. The molecule has 19 heavy (non-hydrogen) atoms. The van der Waals surface area contributed by atoms with E-state index in [-0.39, 0.29) is 6.04 Å². The first kappa shape index (κ1) is 13.7. The van der Waals surface area contributed by atoms with Gasteiger partial charge in [-0.1, -0.05) is 25.5 Å².